The van der Waals surface area contributed by atoms with Crippen molar-refractivity contribution in [3.63, 3.8) is 0 Å². The molecule has 0 saturated carbocycles. The number of methoxy groups -OCH3 is 1. The minimum Gasteiger partial charge on any atom is -0.490 e. The zero-order chi connectivity index (χ0) is 26.5. The van der Waals surface area contributed by atoms with Crippen LogP contribution in [0.5, 0.6) is 17.2 Å². The van der Waals surface area contributed by atoms with Gasteiger partial charge in [-0.2, -0.15) is 0 Å². The highest BCUT2D eigenvalue weighted by Gasteiger charge is 2.31. The van der Waals surface area contributed by atoms with Gasteiger partial charge in [0.1, 0.15) is 5.75 Å². The zero-order valence-electron chi connectivity index (χ0n) is 20.8. The molecule has 2 aromatic carbocycles. The average molecular weight is 523 g/mol. The summed E-state index contributed by atoms with van der Waals surface area (Å²) in [4.78, 5) is 42.7. The molecule has 4 rings (SSSR count). The van der Waals surface area contributed by atoms with Crippen LogP contribution in [0.25, 0.3) is 6.08 Å². The van der Waals surface area contributed by atoms with Gasteiger partial charge in [-0.15, -0.1) is 0 Å². The van der Waals surface area contributed by atoms with E-state index in [1.165, 1.54) is 24.8 Å². The van der Waals surface area contributed by atoms with Gasteiger partial charge in [-0.25, -0.2) is 9.79 Å². The van der Waals surface area contributed by atoms with E-state index in [4.69, 9.17) is 18.9 Å². The molecule has 0 unspecified atom stereocenters. The molecule has 192 valence electrons. The molecule has 0 N–H and O–H groups in total. The maximum Gasteiger partial charge on any atom is 0.337 e. The minimum atomic E-state index is -0.801. The van der Waals surface area contributed by atoms with Gasteiger partial charge in [0.25, 0.3) is 5.56 Å². The normalized spacial score (nSPS) is 14.8. The molecule has 0 bridgehead atoms. The Labute approximate surface area is 216 Å². The molecule has 0 radical (unpaired) electrons. The van der Waals surface area contributed by atoms with Crippen LogP contribution >= 0.6 is 11.3 Å². The van der Waals surface area contributed by atoms with E-state index in [-0.39, 0.29) is 11.1 Å². The molecule has 0 fully saturated rings. The van der Waals surface area contributed by atoms with Gasteiger partial charge in [0.05, 0.1) is 36.5 Å². The number of para-hydroxylation sites is 1. The van der Waals surface area contributed by atoms with Crippen LogP contribution in [0.15, 0.2) is 64.0 Å². The SMILES string of the molecule is CCOc1ccc([C@H]2C(C(=O)OC)=CN=c3s/c(=C/c4ccccc4OC(C)=O)c(=O)n32)cc1OCC. The number of aromatic nitrogens is 1. The molecule has 0 spiro atoms. The van der Waals surface area contributed by atoms with Gasteiger partial charge >= 0.3 is 11.9 Å². The molecule has 0 aliphatic carbocycles. The molecule has 1 aromatic heterocycles. The van der Waals surface area contributed by atoms with Gasteiger partial charge < -0.3 is 18.9 Å². The minimum absolute atomic E-state index is 0.202. The van der Waals surface area contributed by atoms with Crippen LogP contribution in [0, 0.1) is 0 Å². The molecule has 9 nitrogen and oxygen atoms in total. The van der Waals surface area contributed by atoms with Gasteiger partial charge in [0.15, 0.2) is 16.3 Å². The summed E-state index contributed by atoms with van der Waals surface area (Å²) in [5.74, 6) is 0.327. The summed E-state index contributed by atoms with van der Waals surface area (Å²) in [6, 6.07) is 11.4. The lowest BCUT2D eigenvalue weighted by Crippen LogP contribution is -2.39. The predicted molar refractivity (Wildman–Crippen MR) is 138 cm³/mol. The van der Waals surface area contributed by atoms with Crippen molar-refractivity contribution >= 4 is 29.4 Å². The second-order valence-corrected chi connectivity index (χ2v) is 8.89. The van der Waals surface area contributed by atoms with Crippen LogP contribution in [-0.4, -0.2) is 36.8 Å². The highest BCUT2D eigenvalue weighted by Crippen LogP contribution is 2.35. The quantitative estimate of drug-likeness (QED) is 0.331. The Bertz CT molecular complexity index is 1550. The first-order valence-electron chi connectivity index (χ1n) is 11.6. The van der Waals surface area contributed by atoms with E-state index in [0.717, 1.165) is 11.3 Å². The van der Waals surface area contributed by atoms with Crippen LogP contribution in [-0.2, 0) is 14.3 Å². The van der Waals surface area contributed by atoms with E-state index in [1.807, 2.05) is 13.8 Å². The molecule has 2 heterocycles. The smallest absolute Gasteiger partial charge is 0.337 e. The van der Waals surface area contributed by atoms with E-state index in [1.54, 1.807) is 48.5 Å². The highest BCUT2D eigenvalue weighted by atomic mass is 32.1. The van der Waals surface area contributed by atoms with Crippen LogP contribution in [0.3, 0.4) is 0 Å². The molecular weight excluding hydrogens is 496 g/mol. The second kappa shape index (κ2) is 11.3. The van der Waals surface area contributed by atoms with Crippen molar-refractivity contribution in [1.82, 2.24) is 4.57 Å². The van der Waals surface area contributed by atoms with Gasteiger partial charge in [0, 0.05) is 18.7 Å². The third-order valence-electron chi connectivity index (χ3n) is 5.47. The number of esters is 2. The molecular formula is C27H26N2O7S. The molecule has 0 saturated heterocycles. The topological polar surface area (TPSA) is 105 Å². The first-order chi connectivity index (χ1) is 17.9. The largest absolute Gasteiger partial charge is 0.490 e. The summed E-state index contributed by atoms with van der Waals surface area (Å²) >= 11 is 1.16. The fourth-order valence-electron chi connectivity index (χ4n) is 3.98. The number of hydrogen-bond donors (Lipinski definition) is 0. The molecule has 0 amide bonds. The Morgan fingerprint density at radius 1 is 1.05 bits per heavy atom. The number of carbonyl (C=O) groups is 2. The van der Waals surface area contributed by atoms with Gasteiger partial charge in [-0.05, 0) is 43.7 Å². The molecule has 10 heteroatoms. The van der Waals surface area contributed by atoms with E-state index in [0.29, 0.717) is 50.9 Å². The number of fused-ring (bicyclic) bond motifs is 1. The van der Waals surface area contributed by atoms with Crippen molar-refractivity contribution in [3.05, 3.63) is 85.1 Å². The number of thiazole rings is 1. The van der Waals surface area contributed by atoms with E-state index >= 15 is 0 Å². The maximum atomic E-state index is 13.7. The summed E-state index contributed by atoms with van der Waals surface area (Å²) in [6.07, 6.45) is 3.07. The summed E-state index contributed by atoms with van der Waals surface area (Å²) in [6.45, 7) is 5.91. The third-order valence-corrected chi connectivity index (χ3v) is 6.46. The lowest BCUT2D eigenvalue weighted by atomic mass is 9.97. The van der Waals surface area contributed by atoms with Crippen molar-refractivity contribution < 1.29 is 28.5 Å². The lowest BCUT2D eigenvalue weighted by Gasteiger charge is -2.23. The van der Waals surface area contributed by atoms with E-state index in [2.05, 4.69) is 4.99 Å². The van der Waals surface area contributed by atoms with E-state index in [9.17, 15) is 14.4 Å². The summed E-state index contributed by atoms with van der Waals surface area (Å²) in [5.41, 5.74) is 1.04. The monoisotopic (exact) mass is 522 g/mol. The average Bonchev–Trinajstić information content (AvgIpc) is 3.20. The molecule has 1 atom stereocenters. The van der Waals surface area contributed by atoms with Crippen LogP contribution in [0.2, 0.25) is 0 Å². The van der Waals surface area contributed by atoms with Crippen molar-refractivity contribution in [2.45, 2.75) is 26.8 Å². The number of ether oxygens (including phenoxy) is 4. The van der Waals surface area contributed by atoms with Gasteiger partial charge in [0.2, 0.25) is 0 Å². The van der Waals surface area contributed by atoms with Gasteiger partial charge in [-0.1, -0.05) is 35.6 Å². The molecule has 1 aliphatic heterocycles. The van der Waals surface area contributed by atoms with E-state index < -0.39 is 18.0 Å². The predicted octanol–water partition coefficient (Wildman–Crippen LogP) is 2.74. The van der Waals surface area contributed by atoms with Crippen molar-refractivity contribution in [3.8, 4) is 17.2 Å². The number of rotatable bonds is 8. The molecule has 3 aromatic rings. The van der Waals surface area contributed by atoms with Crippen LogP contribution < -0.4 is 29.1 Å². The molecule has 1 aliphatic rings. The van der Waals surface area contributed by atoms with Crippen molar-refractivity contribution in [2.75, 3.05) is 20.3 Å². The van der Waals surface area contributed by atoms with Gasteiger partial charge in [-0.3, -0.25) is 14.2 Å². The summed E-state index contributed by atoms with van der Waals surface area (Å²) in [7, 11) is 1.28. The molecule has 37 heavy (non-hydrogen) atoms. The van der Waals surface area contributed by atoms with Crippen molar-refractivity contribution in [1.29, 1.82) is 0 Å². The number of nitrogens with zero attached hydrogens (tertiary/aromatic N) is 2. The first-order valence-corrected chi connectivity index (χ1v) is 12.5. The lowest BCUT2D eigenvalue weighted by molar-refractivity contribution is -0.136. The summed E-state index contributed by atoms with van der Waals surface area (Å²) in [5, 5.41) is 0. The Kier molecular flexibility index (Phi) is 7.88. The fourth-order valence-corrected chi connectivity index (χ4v) is 4.94. The standard InChI is InChI=1S/C27H26N2O7S/c1-5-34-21-12-11-18(13-22(21)35-6-2)24-19(26(32)33-4)15-28-27-29(24)25(31)23(37-27)14-17-9-7-8-10-20(17)36-16(3)30/h7-15,24H,5-6H2,1-4H3/b23-14+/t24-/m0/s1. The maximum absolute atomic E-state index is 13.7. The zero-order valence-corrected chi connectivity index (χ0v) is 21.7. The van der Waals surface area contributed by atoms with Crippen LogP contribution in [0.1, 0.15) is 37.9 Å². The highest BCUT2D eigenvalue weighted by molar-refractivity contribution is 7.07. The Morgan fingerprint density at radius 3 is 2.49 bits per heavy atom. The Balaban J connectivity index is 1.90. The summed E-state index contributed by atoms with van der Waals surface area (Å²) < 4.78 is 23.6. The second-order valence-electron chi connectivity index (χ2n) is 7.88. The number of carbonyl (C=O) groups excluding carboxylic acids is 2. The first kappa shape index (κ1) is 25.9. The fraction of sp³-hybridized carbons (Fsp3) is 0.259. The van der Waals surface area contributed by atoms with Crippen molar-refractivity contribution in [2.24, 2.45) is 4.99 Å². The third kappa shape index (κ3) is 5.34. The Morgan fingerprint density at radius 2 is 1.78 bits per heavy atom. The number of benzene rings is 2. The Hall–Kier alpha value is -4.18. The van der Waals surface area contributed by atoms with Crippen LogP contribution in [0.4, 0.5) is 0 Å². The number of hydrogen-bond acceptors (Lipinski definition) is 9.